The Morgan fingerprint density at radius 1 is 0.900 bits per heavy atom. The molecule has 1 aromatic rings. The summed E-state index contributed by atoms with van der Waals surface area (Å²) in [6.07, 6.45) is 0.677. The molecule has 0 aliphatic rings. The van der Waals surface area contributed by atoms with Gasteiger partial charge in [-0.2, -0.15) is 0 Å². The number of ether oxygens (including phenoxy) is 1. The van der Waals surface area contributed by atoms with E-state index in [-0.39, 0.29) is 6.61 Å². The smallest absolute Gasteiger partial charge is 0.200 e. The van der Waals surface area contributed by atoms with Crippen molar-refractivity contribution >= 4 is 0 Å². The van der Waals surface area contributed by atoms with Gasteiger partial charge < -0.3 is 10.1 Å². The van der Waals surface area contributed by atoms with Gasteiger partial charge in [-0.25, -0.2) is 22.0 Å². The molecule has 1 unspecified atom stereocenters. The Balaban J connectivity index is 3.18. The summed E-state index contributed by atoms with van der Waals surface area (Å²) < 4.78 is 71.8. The van der Waals surface area contributed by atoms with Crippen molar-refractivity contribution in [2.45, 2.75) is 26.3 Å². The van der Waals surface area contributed by atoms with Gasteiger partial charge in [-0.05, 0) is 13.0 Å². The van der Waals surface area contributed by atoms with Crippen LogP contribution in [0.4, 0.5) is 22.0 Å². The molecule has 0 saturated heterocycles. The summed E-state index contributed by atoms with van der Waals surface area (Å²) in [7, 11) is 0. The number of hydrogen-bond acceptors (Lipinski definition) is 2. The van der Waals surface area contributed by atoms with E-state index in [1.807, 2.05) is 6.92 Å². The summed E-state index contributed by atoms with van der Waals surface area (Å²) in [5.41, 5.74) is -0.889. The normalized spacial score (nSPS) is 12.8. The van der Waals surface area contributed by atoms with Gasteiger partial charge in [0.15, 0.2) is 23.3 Å². The van der Waals surface area contributed by atoms with Crippen LogP contribution < -0.4 is 5.32 Å². The van der Waals surface area contributed by atoms with Crippen LogP contribution in [-0.4, -0.2) is 19.8 Å². The molecule has 0 aromatic heterocycles. The Labute approximate surface area is 113 Å². The summed E-state index contributed by atoms with van der Waals surface area (Å²) in [5.74, 6) is -9.71. The lowest BCUT2D eigenvalue weighted by molar-refractivity contribution is 0.109. The van der Waals surface area contributed by atoms with Crippen LogP contribution in [0.3, 0.4) is 0 Å². The van der Waals surface area contributed by atoms with Crippen molar-refractivity contribution in [2.75, 3.05) is 19.8 Å². The molecule has 0 amide bonds. The number of likely N-dealkylation sites (N-methyl/N-ethyl adjacent to an activating group) is 1. The quantitative estimate of drug-likeness (QED) is 0.360. The average Bonchev–Trinajstić information content (AvgIpc) is 2.43. The van der Waals surface area contributed by atoms with E-state index in [4.69, 9.17) is 4.74 Å². The van der Waals surface area contributed by atoms with Crippen LogP contribution in [0.25, 0.3) is 0 Å². The van der Waals surface area contributed by atoms with Gasteiger partial charge in [-0.3, -0.25) is 0 Å². The third-order valence-electron chi connectivity index (χ3n) is 2.68. The molecule has 0 radical (unpaired) electrons. The molecule has 0 spiro atoms. The Bertz CT molecular complexity index is 438. The van der Waals surface area contributed by atoms with Crippen molar-refractivity contribution in [1.82, 2.24) is 5.32 Å². The predicted molar refractivity (Wildman–Crippen MR) is 63.8 cm³/mol. The van der Waals surface area contributed by atoms with Gasteiger partial charge in [0.05, 0.1) is 12.6 Å². The van der Waals surface area contributed by atoms with Crippen LogP contribution in [0.5, 0.6) is 0 Å². The topological polar surface area (TPSA) is 21.3 Å². The summed E-state index contributed by atoms with van der Waals surface area (Å²) in [6.45, 7) is 3.93. The minimum absolute atomic E-state index is 0.181. The van der Waals surface area contributed by atoms with E-state index in [1.54, 1.807) is 6.92 Å². The van der Waals surface area contributed by atoms with E-state index in [9.17, 15) is 22.0 Å². The predicted octanol–water partition coefficient (Wildman–Crippen LogP) is 3.46. The Morgan fingerprint density at radius 2 is 1.40 bits per heavy atom. The Kier molecular flexibility index (Phi) is 6.35. The van der Waals surface area contributed by atoms with Gasteiger partial charge in [0.2, 0.25) is 5.82 Å². The first-order chi connectivity index (χ1) is 9.45. The zero-order chi connectivity index (χ0) is 15.3. The van der Waals surface area contributed by atoms with Crippen molar-refractivity contribution in [3.8, 4) is 0 Å². The van der Waals surface area contributed by atoms with Gasteiger partial charge in [-0.1, -0.05) is 13.8 Å². The molecule has 0 aliphatic carbocycles. The third-order valence-corrected chi connectivity index (χ3v) is 2.68. The highest BCUT2D eigenvalue weighted by Crippen LogP contribution is 2.28. The lowest BCUT2D eigenvalue weighted by atomic mass is 10.0. The number of halogens is 5. The van der Waals surface area contributed by atoms with Crippen LogP contribution >= 0.6 is 0 Å². The molecule has 0 heterocycles. The molecule has 0 saturated carbocycles. The van der Waals surface area contributed by atoms with Crippen molar-refractivity contribution in [3.05, 3.63) is 34.6 Å². The van der Waals surface area contributed by atoms with E-state index in [1.165, 1.54) is 0 Å². The second kappa shape index (κ2) is 7.54. The molecule has 1 aromatic carbocycles. The lowest BCUT2D eigenvalue weighted by Gasteiger charge is -2.20. The maximum atomic E-state index is 13.7. The van der Waals surface area contributed by atoms with Crippen LogP contribution in [0.1, 0.15) is 31.9 Å². The molecule has 1 rings (SSSR count). The zero-order valence-electron chi connectivity index (χ0n) is 11.2. The number of nitrogens with one attached hydrogen (secondary N) is 1. The molecule has 114 valence electrons. The largest absolute Gasteiger partial charge is 0.379 e. The number of rotatable bonds is 7. The fourth-order valence-electron chi connectivity index (χ4n) is 1.76. The fraction of sp³-hybridized carbons (Fsp3) is 0.538. The van der Waals surface area contributed by atoms with Gasteiger partial charge in [0.1, 0.15) is 0 Å². The summed E-state index contributed by atoms with van der Waals surface area (Å²) in [4.78, 5) is 0. The second-order valence-electron chi connectivity index (χ2n) is 4.17. The maximum Gasteiger partial charge on any atom is 0.200 e. The van der Waals surface area contributed by atoms with E-state index in [0.717, 1.165) is 0 Å². The van der Waals surface area contributed by atoms with Crippen LogP contribution in [0.2, 0.25) is 0 Å². The van der Waals surface area contributed by atoms with Crippen LogP contribution in [0.15, 0.2) is 0 Å². The third kappa shape index (κ3) is 3.46. The highest BCUT2D eigenvalue weighted by Gasteiger charge is 2.30. The second-order valence-corrected chi connectivity index (χ2v) is 4.17. The molecule has 1 atom stereocenters. The van der Waals surface area contributed by atoms with Gasteiger partial charge >= 0.3 is 0 Å². The summed E-state index contributed by atoms with van der Waals surface area (Å²) in [6, 6.07) is -1.10. The van der Waals surface area contributed by atoms with Crippen LogP contribution in [0, 0.1) is 29.1 Å². The van der Waals surface area contributed by atoms with Crippen molar-refractivity contribution < 1.29 is 26.7 Å². The molecule has 2 nitrogen and oxygen atoms in total. The maximum absolute atomic E-state index is 13.7. The highest BCUT2D eigenvalue weighted by atomic mass is 19.2. The molecule has 0 aliphatic heterocycles. The fourth-order valence-corrected chi connectivity index (χ4v) is 1.76. The first-order valence-corrected chi connectivity index (χ1v) is 6.28. The zero-order valence-corrected chi connectivity index (χ0v) is 11.2. The standard InChI is InChI=1S/C13H16F5NO/c1-3-5-20-6-7(19-4-2)8-9(14)11(16)13(18)12(17)10(8)15/h7,19H,3-6H2,1-2H3. The first kappa shape index (κ1) is 16.8. The van der Waals surface area contributed by atoms with E-state index in [2.05, 4.69) is 5.32 Å². The Hall–Kier alpha value is -1.21. The van der Waals surface area contributed by atoms with E-state index >= 15 is 0 Å². The molecule has 1 N–H and O–H groups in total. The monoisotopic (exact) mass is 297 g/mol. The minimum Gasteiger partial charge on any atom is -0.379 e. The van der Waals surface area contributed by atoms with E-state index < -0.39 is 40.7 Å². The van der Waals surface area contributed by atoms with Gasteiger partial charge in [-0.15, -0.1) is 0 Å². The molecule has 0 fully saturated rings. The molecule has 0 bridgehead atoms. The number of benzene rings is 1. The van der Waals surface area contributed by atoms with Crippen molar-refractivity contribution in [3.63, 3.8) is 0 Å². The molecular weight excluding hydrogens is 281 g/mol. The minimum atomic E-state index is -2.16. The molecule has 7 heteroatoms. The van der Waals surface area contributed by atoms with Crippen molar-refractivity contribution in [2.24, 2.45) is 0 Å². The lowest BCUT2D eigenvalue weighted by Crippen LogP contribution is -2.28. The van der Waals surface area contributed by atoms with Gasteiger partial charge in [0.25, 0.3) is 0 Å². The molecular formula is C13H16F5NO. The average molecular weight is 297 g/mol. The summed E-state index contributed by atoms with van der Waals surface area (Å²) >= 11 is 0. The summed E-state index contributed by atoms with van der Waals surface area (Å²) in [5, 5.41) is 2.65. The Morgan fingerprint density at radius 3 is 1.85 bits per heavy atom. The van der Waals surface area contributed by atoms with Crippen molar-refractivity contribution in [1.29, 1.82) is 0 Å². The SMILES string of the molecule is CCCOCC(NCC)c1c(F)c(F)c(F)c(F)c1F. The van der Waals surface area contributed by atoms with Gasteiger partial charge in [0, 0.05) is 12.2 Å². The highest BCUT2D eigenvalue weighted by molar-refractivity contribution is 5.27. The van der Waals surface area contributed by atoms with Crippen LogP contribution in [-0.2, 0) is 4.74 Å². The first-order valence-electron chi connectivity index (χ1n) is 6.28. The molecule has 20 heavy (non-hydrogen) atoms. The van der Waals surface area contributed by atoms with E-state index in [0.29, 0.717) is 19.6 Å². The number of hydrogen-bond donors (Lipinski definition) is 1.